The van der Waals surface area contributed by atoms with Crippen LogP contribution in [0, 0.1) is 0 Å². The molecule has 0 spiro atoms. The van der Waals surface area contributed by atoms with Gasteiger partial charge in [-0.05, 0) is 27.6 Å². The van der Waals surface area contributed by atoms with Crippen molar-refractivity contribution in [3.63, 3.8) is 0 Å². The molecule has 90 valence electrons. The summed E-state index contributed by atoms with van der Waals surface area (Å²) in [5.74, 6) is -0.389. The van der Waals surface area contributed by atoms with Gasteiger partial charge in [0, 0.05) is 10.7 Å². The van der Waals surface area contributed by atoms with Crippen LogP contribution in [0.1, 0.15) is 5.56 Å². The minimum Gasteiger partial charge on any atom is -0.389 e. The van der Waals surface area contributed by atoms with Gasteiger partial charge in [-0.2, -0.15) is 0 Å². The third-order valence-corrected chi connectivity index (χ3v) is 3.11. The third-order valence-electron chi connectivity index (χ3n) is 2.68. The number of hydrogen-bond acceptors (Lipinski definition) is 3. The maximum Gasteiger partial charge on any atom is 0.421 e. The predicted molar refractivity (Wildman–Crippen MR) is 71.5 cm³/mol. The zero-order valence-corrected chi connectivity index (χ0v) is 10.9. The first-order chi connectivity index (χ1) is 8.74. The van der Waals surface area contributed by atoms with Crippen LogP contribution < -0.4 is 5.76 Å². The summed E-state index contributed by atoms with van der Waals surface area (Å²) < 4.78 is 7.49. The van der Waals surface area contributed by atoms with Crippen molar-refractivity contribution in [3.8, 4) is 0 Å². The zero-order chi connectivity index (χ0) is 12.5. The number of fused-ring (bicyclic) bond motifs is 1. The summed E-state index contributed by atoms with van der Waals surface area (Å²) in [5.41, 5.74) is 2.10. The minimum atomic E-state index is -0.389. The van der Waals surface area contributed by atoms with Gasteiger partial charge >= 0.3 is 5.76 Å². The van der Waals surface area contributed by atoms with Gasteiger partial charge in [0.1, 0.15) is 5.52 Å². The molecular weight excluding hydrogens is 296 g/mol. The van der Waals surface area contributed by atoms with E-state index in [0.717, 1.165) is 10.0 Å². The molecule has 0 N–H and O–H groups in total. The fraction of sp³-hybridized carbons (Fsp3) is 0.0769. The highest BCUT2D eigenvalue weighted by Crippen LogP contribution is 2.17. The summed E-state index contributed by atoms with van der Waals surface area (Å²) in [6.07, 6.45) is 1.61. The number of oxazole rings is 1. The van der Waals surface area contributed by atoms with Crippen LogP contribution >= 0.6 is 15.9 Å². The molecule has 0 atom stereocenters. The van der Waals surface area contributed by atoms with Crippen molar-refractivity contribution in [3.05, 3.63) is 63.2 Å². The number of benzene rings is 1. The van der Waals surface area contributed by atoms with Crippen LogP contribution in [0.2, 0.25) is 0 Å². The fourth-order valence-corrected chi connectivity index (χ4v) is 2.16. The van der Waals surface area contributed by atoms with E-state index >= 15 is 0 Å². The van der Waals surface area contributed by atoms with Gasteiger partial charge in [0.15, 0.2) is 0 Å². The molecule has 0 bridgehead atoms. The van der Waals surface area contributed by atoms with Gasteiger partial charge in [0.05, 0.1) is 6.54 Å². The Bertz CT molecular complexity index is 747. The van der Waals surface area contributed by atoms with Crippen LogP contribution in [-0.4, -0.2) is 9.55 Å². The Labute approximate surface area is 111 Å². The van der Waals surface area contributed by atoms with Gasteiger partial charge in [-0.3, -0.25) is 4.57 Å². The molecule has 0 aliphatic heterocycles. The molecule has 0 radical (unpaired) electrons. The maximum absolute atomic E-state index is 11.8. The molecule has 0 fully saturated rings. The number of hydrogen-bond donors (Lipinski definition) is 0. The van der Waals surface area contributed by atoms with Crippen LogP contribution in [0.15, 0.2) is 56.3 Å². The first-order valence-corrected chi connectivity index (χ1v) is 6.22. The SMILES string of the molecule is O=c1oc2ncc(Br)cc2n1Cc1ccccc1. The van der Waals surface area contributed by atoms with Gasteiger partial charge in [0.25, 0.3) is 0 Å². The Kier molecular flexibility index (Phi) is 2.76. The van der Waals surface area contributed by atoms with Crippen molar-refractivity contribution in [2.75, 3.05) is 0 Å². The van der Waals surface area contributed by atoms with E-state index in [9.17, 15) is 4.79 Å². The predicted octanol–water partition coefficient (Wildman–Crippen LogP) is 2.80. The Morgan fingerprint density at radius 2 is 2.06 bits per heavy atom. The summed E-state index contributed by atoms with van der Waals surface area (Å²) in [6, 6.07) is 11.6. The molecule has 0 unspecified atom stereocenters. The van der Waals surface area contributed by atoms with Crippen LogP contribution in [0.25, 0.3) is 11.2 Å². The van der Waals surface area contributed by atoms with Crippen LogP contribution in [0.3, 0.4) is 0 Å². The van der Waals surface area contributed by atoms with Crippen molar-refractivity contribution < 1.29 is 4.42 Å². The molecule has 1 aromatic carbocycles. The number of rotatable bonds is 2. The van der Waals surface area contributed by atoms with Gasteiger partial charge in [-0.15, -0.1) is 0 Å². The average Bonchev–Trinajstić information content (AvgIpc) is 2.67. The lowest BCUT2D eigenvalue weighted by molar-refractivity contribution is 0.511. The summed E-state index contributed by atoms with van der Waals surface area (Å²) >= 11 is 3.34. The van der Waals surface area contributed by atoms with Gasteiger partial charge in [-0.1, -0.05) is 30.3 Å². The topological polar surface area (TPSA) is 48.0 Å². The van der Waals surface area contributed by atoms with Gasteiger partial charge in [0.2, 0.25) is 5.71 Å². The zero-order valence-electron chi connectivity index (χ0n) is 9.34. The van der Waals surface area contributed by atoms with E-state index in [1.807, 2.05) is 36.4 Å². The lowest BCUT2D eigenvalue weighted by atomic mass is 10.2. The second-order valence-electron chi connectivity index (χ2n) is 3.92. The number of aromatic nitrogens is 2. The van der Waals surface area contributed by atoms with E-state index < -0.39 is 0 Å². The van der Waals surface area contributed by atoms with E-state index in [2.05, 4.69) is 20.9 Å². The second-order valence-corrected chi connectivity index (χ2v) is 4.83. The largest absolute Gasteiger partial charge is 0.421 e. The van der Waals surface area contributed by atoms with Crippen molar-refractivity contribution in [1.29, 1.82) is 0 Å². The van der Waals surface area contributed by atoms with E-state index in [-0.39, 0.29) is 5.76 Å². The Balaban J connectivity index is 2.14. The summed E-state index contributed by atoms with van der Waals surface area (Å²) in [6.45, 7) is 0.477. The molecule has 0 saturated carbocycles. The monoisotopic (exact) mass is 304 g/mol. The molecule has 2 heterocycles. The number of nitrogens with zero attached hydrogens (tertiary/aromatic N) is 2. The highest BCUT2D eigenvalue weighted by atomic mass is 79.9. The quantitative estimate of drug-likeness (QED) is 0.731. The average molecular weight is 305 g/mol. The molecule has 2 aromatic heterocycles. The molecule has 0 saturated heterocycles. The molecule has 4 nitrogen and oxygen atoms in total. The van der Waals surface area contributed by atoms with E-state index in [1.165, 1.54) is 0 Å². The number of halogens is 1. The molecular formula is C13H9BrN2O2. The third kappa shape index (κ3) is 1.97. The van der Waals surface area contributed by atoms with Crippen LogP contribution in [-0.2, 0) is 6.54 Å². The summed E-state index contributed by atoms with van der Waals surface area (Å²) in [5, 5.41) is 0. The lowest BCUT2D eigenvalue weighted by Gasteiger charge is -2.01. The van der Waals surface area contributed by atoms with E-state index in [4.69, 9.17) is 4.42 Å². The lowest BCUT2D eigenvalue weighted by Crippen LogP contribution is -2.14. The van der Waals surface area contributed by atoms with Crippen molar-refractivity contribution >= 4 is 27.2 Å². The first-order valence-electron chi connectivity index (χ1n) is 5.43. The van der Waals surface area contributed by atoms with E-state index in [0.29, 0.717) is 17.8 Å². The van der Waals surface area contributed by atoms with Gasteiger partial charge in [-0.25, -0.2) is 9.78 Å². The van der Waals surface area contributed by atoms with E-state index in [1.54, 1.807) is 10.8 Å². The molecule has 0 aliphatic rings. The van der Waals surface area contributed by atoms with Crippen LogP contribution in [0.5, 0.6) is 0 Å². The Hall–Kier alpha value is -1.88. The Morgan fingerprint density at radius 3 is 2.83 bits per heavy atom. The minimum absolute atomic E-state index is 0.360. The number of pyridine rings is 1. The van der Waals surface area contributed by atoms with Crippen molar-refractivity contribution in [1.82, 2.24) is 9.55 Å². The highest BCUT2D eigenvalue weighted by molar-refractivity contribution is 9.10. The smallest absolute Gasteiger partial charge is 0.389 e. The van der Waals surface area contributed by atoms with Gasteiger partial charge < -0.3 is 4.42 Å². The summed E-state index contributed by atoms with van der Waals surface area (Å²) in [4.78, 5) is 15.9. The van der Waals surface area contributed by atoms with Crippen LogP contribution in [0.4, 0.5) is 0 Å². The molecule has 0 amide bonds. The molecule has 3 aromatic rings. The first kappa shape index (κ1) is 11.2. The molecule has 3 rings (SSSR count). The maximum atomic E-state index is 11.8. The van der Waals surface area contributed by atoms with Crippen molar-refractivity contribution in [2.45, 2.75) is 6.54 Å². The Morgan fingerprint density at radius 1 is 1.28 bits per heavy atom. The van der Waals surface area contributed by atoms with Crippen molar-refractivity contribution in [2.24, 2.45) is 0 Å². The molecule has 5 heteroatoms. The molecule has 18 heavy (non-hydrogen) atoms. The fourth-order valence-electron chi connectivity index (χ4n) is 1.84. The normalized spacial score (nSPS) is 10.9. The standard InChI is InChI=1S/C13H9BrN2O2/c14-10-6-11-12(15-7-10)18-13(17)16(11)8-9-4-2-1-3-5-9/h1-7H,8H2. The highest BCUT2D eigenvalue weighted by Gasteiger charge is 2.10. The summed E-state index contributed by atoms with van der Waals surface area (Å²) in [7, 11) is 0. The second kappa shape index (κ2) is 4.42. The molecule has 0 aliphatic carbocycles.